The van der Waals surface area contributed by atoms with Crippen molar-refractivity contribution in [2.45, 2.75) is 6.04 Å². The molecule has 21 heavy (non-hydrogen) atoms. The Morgan fingerprint density at radius 3 is 2.86 bits per heavy atom. The molecule has 0 saturated heterocycles. The van der Waals surface area contributed by atoms with E-state index in [1.54, 1.807) is 6.08 Å². The van der Waals surface area contributed by atoms with Crippen LogP contribution in [0, 0.1) is 0 Å². The molecule has 1 aromatic rings. The van der Waals surface area contributed by atoms with Gasteiger partial charge < -0.3 is 15.5 Å². The van der Waals surface area contributed by atoms with Crippen molar-refractivity contribution >= 4 is 17.7 Å². The molecular formula is C17H15N3O. The number of benzene rings is 1. The van der Waals surface area contributed by atoms with Gasteiger partial charge in [-0.1, -0.05) is 30.4 Å². The van der Waals surface area contributed by atoms with E-state index in [0.717, 1.165) is 12.2 Å². The Morgan fingerprint density at radius 1 is 1.14 bits per heavy atom. The lowest BCUT2D eigenvalue weighted by atomic mass is 10.1. The molecule has 104 valence electrons. The lowest BCUT2D eigenvalue weighted by Gasteiger charge is -2.39. The quantitative estimate of drug-likeness (QED) is 0.854. The topological polar surface area (TPSA) is 49.6 Å². The van der Waals surface area contributed by atoms with Crippen LogP contribution in [-0.2, 0) is 4.79 Å². The van der Waals surface area contributed by atoms with E-state index < -0.39 is 5.91 Å². The molecule has 2 N–H and O–H groups in total. The molecule has 4 rings (SSSR count). The molecule has 1 aromatic carbocycles. The summed E-state index contributed by atoms with van der Waals surface area (Å²) in [5, 5.41) is 0. The van der Waals surface area contributed by atoms with Crippen LogP contribution < -0.4 is 10.6 Å². The highest BCUT2D eigenvalue weighted by atomic mass is 16.1. The maximum atomic E-state index is 11.4. The first kappa shape index (κ1) is 12.0. The van der Waals surface area contributed by atoms with Gasteiger partial charge in [-0.15, -0.1) is 0 Å². The van der Waals surface area contributed by atoms with Gasteiger partial charge in [0.15, 0.2) is 0 Å². The fourth-order valence-corrected chi connectivity index (χ4v) is 3.00. The number of fused-ring (bicyclic) bond motifs is 6. The maximum absolute atomic E-state index is 11.4. The Balaban J connectivity index is 1.82. The second kappa shape index (κ2) is 4.38. The number of carbonyl (C=O) groups excluding carboxylic acids is 1. The zero-order chi connectivity index (χ0) is 14.4. The van der Waals surface area contributed by atoms with Gasteiger partial charge in [0.05, 0.1) is 17.3 Å². The lowest BCUT2D eigenvalue weighted by Crippen LogP contribution is -2.43. The van der Waals surface area contributed by atoms with Crippen LogP contribution in [0.4, 0.5) is 5.69 Å². The van der Waals surface area contributed by atoms with E-state index in [1.165, 1.54) is 11.3 Å². The zero-order valence-corrected chi connectivity index (χ0v) is 11.4. The summed E-state index contributed by atoms with van der Waals surface area (Å²) in [6.07, 6.45) is 12.0. The van der Waals surface area contributed by atoms with Gasteiger partial charge in [0.2, 0.25) is 5.91 Å². The number of nitrogens with two attached hydrogens (primary N) is 1. The summed E-state index contributed by atoms with van der Waals surface area (Å²) in [5.41, 5.74) is 9.41. The van der Waals surface area contributed by atoms with Crippen molar-refractivity contribution in [1.82, 2.24) is 4.90 Å². The van der Waals surface area contributed by atoms with Gasteiger partial charge in [0, 0.05) is 24.6 Å². The third-order valence-electron chi connectivity index (χ3n) is 4.07. The van der Waals surface area contributed by atoms with Gasteiger partial charge in [-0.05, 0) is 23.8 Å². The summed E-state index contributed by atoms with van der Waals surface area (Å²) in [7, 11) is 0. The van der Waals surface area contributed by atoms with Crippen molar-refractivity contribution < 1.29 is 4.79 Å². The number of hydrogen-bond donors (Lipinski definition) is 1. The predicted molar refractivity (Wildman–Crippen MR) is 82.9 cm³/mol. The molecule has 0 aromatic heterocycles. The monoisotopic (exact) mass is 277 g/mol. The second-order valence-corrected chi connectivity index (χ2v) is 5.38. The fourth-order valence-electron chi connectivity index (χ4n) is 3.00. The molecule has 1 atom stereocenters. The lowest BCUT2D eigenvalue weighted by molar-refractivity contribution is -0.114. The first-order valence-corrected chi connectivity index (χ1v) is 6.96. The number of nitrogens with zero attached hydrogens (tertiary/aromatic N) is 2. The molecule has 3 heterocycles. The summed E-state index contributed by atoms with van der Waals surface area (Å²) in [4.78, 5) is 15.7. The number of anilines is 1. The molecule has 0 fully saturated rings. The van der Waals surface area contributed by atoms with E-state index in [1.807, 2.05) is 18.3 Å². The Morgan fingerprint density at radius 2 is 2.00 bits per heavy atom. The van der Waals surface area contributed by atoms with Gasteiger partial charge in [-0.2, -0.15) is 0 Å². The Hall–Kier alpha value is -2.75. The molecule has 3 aliphatic heterocycles. The average molecular weight is 277 g/mol. The van der Waals surface area contributed by atoms with Gasteiger partial charge in [-0.3, -0.25) is 4.79 Å². The predicted octanol–water partition coefficient (Wildman–Crippen LogP) is 1.98. The second-order valence-electron chi connectivity index (χ2n) is 5.38. The van der Waals surface area contributed by atoms with Gasteiger partial charge in [-0.25, -0.2) is 0 Å². The van der Waals surface area contributed by atoms with E-state index in [4.69, 9.17) is 5.73 Å². The van der Waals surface area contributed by atoms with E-state index in [0.29, 0.717) is 5.57 Å². The summed E-state index contributed by atoms with van der Waals surface area (Å²) >= 11 is 0. The van der Waals surface area contributed by atoms with E-state index in [2.05, 4.69) is 46.4 Å². The average Bonchev–Trinajstić information content (AvgIpc) is 2.65. The zero-order valence-electron chi connectivity index (χ0n) is 11.4. The Labute approximate surface area is 123 Å². The largest absolute Gasteiger partial charge is 0.366 e. The van der Waals surface area contributed by atoms with Crippen molar-refractivity contribution in [3.8, 4) is 0 Å². The van der Waals surface area contributed by atoms with Crippen LogP contribution in [0.2, 0.25) is 0 Å². The first-order valence-electron chi connectivity index (χ1n) is 6.96. The SMILES string of the molecule is NC(=O)C1=CN2C(=CN3CC2C=Cc2ccccc23)C=C1. The normalized spacial score (nSPS) is 22.0. The number of amides is 1. The van der Waals surface area contributed by atoms with Crippen LogP contribution in [0.1, 0.15) is 5.56 Å². The Kier molecular flexibility index (Phi) is 2.51. The van der Waals surface area contributed by atoms with Crippen LogP contribution in [0.5, 0.6) is 0 Å². The van der Waals surface area contributed by atoms with Crippen molar-refractivity contribution in [3.63, 3.8) is 0 Å². The molecule has 0 saturated carbocycles. The molecule has 2 bridgehead atoms. The standard InChI is InChI=1S/C17H15N3O/c18-17(21)13-6-8-15-11-19-10-14(20(15)9-13)7-5-12-3-1-2-4-16(12)19/h1-9,11,14H,10H2,(H2,18,21). The van der Waals surface area contributed by atoms with E-state index >= 15 is 0 Å². The van der Waals surface area contributed by atoms with E-state index in [9.17, 15) is 4.79 Å². The molecule has 3 aliphatic rings. The smallest absolute Gasteiger partial charge is 0.250 e. The molecule has 0 spiro atoms. The summed E-state index contributed by atoms with van der Waals surface area (Å²) in [5.74, 6) is -0.395. The minimum absolute atomic E-state index is 0.191. The first-order chi connectivity index (χ1) is 10.2. The van der Waals surface area contributed by atoms with Crippen LogP contribution >= 0.6 is 0 Å². The minimum atomic E-state index is -0.395. The highest BCUT2D eigenvalue weighted by Crippen LogP contribution is 2.33. The van der Waals surface area contributed by atoms with Crippen LogP contribution in [0.15, 0.2) is 66.2 Å². The minimum Gasteiger partial charge on any atom is -0.366 e. The van der Waals surface area contributed by atoms with Crippen molar-refractivity contribution in [3.05, 3.63) is 71.7 Å². The highest BCUT2D eigenvalue weighted by molar-refractivity contribution is 5.95. The van der Waals surface area contributed by atoms with Gasteiger partial charge >= 0.3 is 0 Å². The highest BCUT2D eigenvalue weighted by Gasteiger charge is 2.29. The molecule has 4 heteroatoms. The Bertz CT molecular complexity index is 742. The number of primary amides is 1. The summed E-state index contributed by atoms with van der Waals surface area (Å²) in [6.45, 7) is 0.855. The van der Waals surface area contributed by atoms with E-state index in [-0.39, 0.29) is 6.04 Å². The summed E-state index contributed by atoms with van der Waals surface area (Å²) in [6, 6.07) is 8.54. The molecule has 4 nitrogen and oxygen atoms in total. The maximum Gasteiger partial charge on any atom is 0.250 e. The molecule has 1 unspecified atom stereocenters. The van der Waals surface area contributed by atoms with Crippen molar-refractivity contribution in [2.75, 3.05) is 11.4 Å². The third-order valence-corrected chi connectivity index (χ3v) is 4.07. The molecule has 0 radical (unpaired) electrons. The van der Waals surface area contributed by atoms with Crippen molar-refractivity contribution in [1.29, 1.82) is 0 Å². The fraction of sp³-hybridized carbons (Fsp3) is 0.118. The van der Waals surface area contributed by atoms with Crippen LogP contribution in [0.25, 0.3) is 6.08 Å². The van der Waals surface area contributed by atoms with Crippen molar-refractivity contribution in [2.24, 2.45) is 5.73 Å². The number of allylic oxidation sites excluding steroid dienone is 1. The number of carbonyl (C=O) groups is 1. The van der Waals surface area contributed by atoms with Crippen LogP contribution in [0.3, 0.4) is 0 Å². The summed E-state index contributed by atoms with van der Waals surface area (Å²) < 4.78 is 0. The third kappa shape index (κ3) is 1.88. The molecule has 0 aliphatic carbocycles. The number of para-hydroxylation sites is 1. The molecule has 1 amide bonds. The van der Waals surface area contributed by atoms with Gasteiger partial charge in [0.1, 0.15) is 0 Å². The van der Waals surface area contributed by atoms with Crippen LogP contribution in [-0.4, -0.2) is 23.4 Å². The number of rotatable bonds is 1. The van der Waals surface area contributed by atoms with Gasteiger partial charge in [0.25, 0.3) is 0 Å². The molecular weight excluding hydrogens is 262 g/mol. The number of hydrogen-bond acceptors (Lipinski definition) is 3.